The second kappa shape index (κ2) is 7.88. The van der Waals surface area contributed by atoms with Gasteiger partial charge in [-0.25, -0.2) is 9.78 Å². The smallest absolute Gasteiger partial charge is 0.407 e. The van der Waals surface area contributed by atoms with Gasteiger partial charge in [-0.15, -0.1) is 0 Å². The second-order valence-electron chi connectivity index (χ2n) is 4.31. The minimum absolute atomic E-state index is 0.245. The third-order valence-electron chi connectivity index (χ3n) is 2.50. The summed E-state index contributed by atoms with van der Waals surface area (Å²) in [5.41, 5.74) is 0.353. The number of hydrogen-bond donors (Lipinski definition) is 4. The van der Waals surface area contributed by atoms with Crippen LogP contribution in [0.3, 0.4) is 0 Å². The van der Waals surface area contributed by atoms with Crippen molar-refractivity contribution in [1.82, 2.24) is 20.6 Å². The van der Waals surface area contributed by atoms with E-state index < -0.39 is 12.1 Å². The fourth-order valence-corrected chi connectivity index (χ4v) is 1.48. The van der Waals surface area contributed by atoms with Crippen LogP contribution in [0.5, 0.6) is 0 Å². The number of carbonyl (C=O) groups excluding carboxylic acids is 2. The van der Waals surface area contributed by atoms with Crippen LogP contribution in [0.2, 0.25) is 0 Å². The summed E-state index contributed by atoms with van der Waals surface area (Å²) in [6.45, 7) is 3.94. The Morgan fingerprint density at radius 2 is 2.14 bits per heavy atom. The molecule has 1 rings (SSSR count). The van der Waals surface area contributed by atoms with E-state index >= 15 is 0 Å². The molecule has 0 aliphatic carbocycles. The van der Waals surface area contributed by atoms with E-state index in [9.17, 15) is 14.4 Å². The molecule has 0 saturated carbocycles. The lowest BCUT2D eigenvalue weighted by atomic mass is 10.3. The van der Waals surface area contributed by atoms with Crippen molar-refractivity contribution >= 4 is 17.9 Å². The van der Waals surface area contributed by atoms with Gasteiger partial charge in [-0.2, -0.15) is 0 Å². The van der Waals surface area contributed by atoms with Gasteiger partial charge >= 0.3 is 6.09 Å². The molecule has 0 saturated heterocycles. The molecular weight excluding hydrogens is 278 g/mol. The van der Waals surface area contributed by atoms with Gasteiger partial charge in [-0.3, -0.25) is 14.6 Å². The van der Waals surface area contributed by atoms with Crippen molar-refractivity contribution in [2.75, 3.05) is 25.5 Å². The van der Waals surface area contributed by atoms with E-state index in [2.05, 4.69) is 30.7 Å². The van der Waals surface area contributed by atoms with E-state index in [1.54, 1.807) is 13.8 Å². The summed E-state index contributed by atoms with van der Waals surface area (Å²) in [5, 5.41) is 7.85. The number of nitrogens with zero attached hydrogens (tertiary/aromatic N) is 1. The van der Waals surface area contributed by atoms with E-state index in [1.165, 1.54) is 13.2 Å². The van der Waals surface area contributed by atoms with Crippen molar-refractivity contribution in [3.05, 3.63) is 22.1 Å². The van der Waals surface area contributed by atoms with Gasteiger partial charge in [-0.1, -0.05) is 0 Å². The molecule has 1 atom stereocenters. The van der Waals surface area contributed by atoms with Crippen molar-refractivity contribution in [3.63, 3.8) is 0 Å². The zero-order valence-corrected chi connectivity index (χ0v) is 12.1. The summed E-state index contributed by atoms with van der Waals surface area (Å²) >= 11 is 0. The summed E-state index contributed by atoms with van der Waals surface area (Å²) < 4.78 is 4.39. The molecule has 4 N–H and O–H groups in total. The summed E-state index contributed by atoms with van der Waals surface area (Å²) in [6.07, 6.45) is -0.669. The first kappa shape index (κ1) is 16.5. The number of rotatable bonds is 6. The first-order chi connectivity index (χ1) is 9.92. The van der Waals surface area contributed by atoms with Crippen molar-refractivity contribution < 1.29 is 14.3 Å². The topological polar surface area (TPSA) is 125 Å². The molecule has 9 nitrogen and oxygen atoms in total. The minimum atomic E-state index is -0.700. The number of amides is 2. The molecule has 0 spiro atoms. The minimum Gasteiger partial charge on any atom is -0.453 e. The highest BCUT2D eigenvalue weighted by atomic mass is 16.5. The molecule has 1 heterocycles. The third kappa shape index (κ3) is 5.93. The van der Waals surface area contributed by atoms with Crippen LogP contribution in [-0.2, 0) is 9.53 Å². The molecule has 0 fully saturated rings. The normalized spacial score (nSPS) is 11.4. The lowest BCUT2D eigenvalue weighted by molar-refractivity contribution is -0.122. The van der Waals surface area contributed by atoms with Gasteiger partial charge in [0.05, 0.1) is 7.11 Å². The molecule has 0 bridgehead atoms. The second-order valence-corrected chi connectivity index (χ2v) is 4.31. The Hall–Kier alpha value is -2.58. The molecule has 116 valence electrons. The molecule has 0 aliphatic heterocycles. The molecule has 0 radical (unpaired) electrons. The van der Waals surface area contributed by atoms with Gasteiger partial charge in [0.15, 0.2) is 0 Å². The molecule has 9 heteroatoms. The SMILES string of the molecule is COC(=O)NC(C)C(=O)NCCNc1nc(C)cc(=O)[nH]1. The average Bonchev–Trinajstić information content (AvgIpc) is 2.42. The largest absolute Gasteiger partial charge is 0.453 e. The number of alkyl carbamates (subject to hydrolysis) is 1. The van der Waals surface area contributed by atoms with Crippen molar-refractivity contribution in [2.45, 2.75) is 19.9 Å². The van der Waals surface area contributed by atoms with Crippen LogP contribution in [0.4, 0.5) is 10.7 Å². The summed E-state index contributed by atoms with van der Waals surface area (Å²) in [5.74, 6) is 0.00266. The molecule has 2 amide bonds. The fourth-order valence-electron chi connectivity index (χ4n) is 1.48. The molecule has 0 aliphatic rings. The zero-order chi connectivity index (χ0) is 15.8. The van der Waals surface area contributed by atoms with Gasteiger partial charge < -0.3 is 20.7 Å². The Morgan fingerprint density at radius 1 is 1.43 bits per heavy atom. The van der Waals surface area contributed by atoms with Crippen LogP contribution in [-0.4, -0.2) is 48.2 Å². The number of carbonyl (C=O) groups is 2. The highest BCUT2D eigenvalue weighted by molar-refractivity contribution is 5.85. The van der Waals surface area contributed by atoms with E-state index in [0.717, 1.165) is 0 Å². The Morgan fingerprint density at radius 3 is 2.76 bits per heavy atom. The first-order valence-electron chi connectivity index (χ1n) is 6.36. The highest BCUT2D eigenvalue weighted by Gasteiger charge is 2.14. The number of aromatic nitrogens is 2. The molecular formula is C12H19N5O4. The van der Waals surface area contributed by atoms with Crippen LogP contribution in [0.25, 0.3) is 0 Å². The van der Waals surface area contributed by atoms with E-state index in [1.807, 2.05) is 0 Å². The van der Waals surface area contributed by atoms with Crippen molar-refractivity contribution in [2.24, 2.45) is 0 Å². The summed E-state index contributed by atoms with van der Waals surface area (Å²) in [7, 11) is 1.22. The number of H-pyrrole nitrogens is 1. The Kier molecular flexibility index (Phi) is 6.18. The maximum absolute atomic E-state index is 11.6. The first-order valence-corrected chi connectivity index (χ1v) is 6.36. The summed E-state index contributed by atoms with van der Waals surface area (Å²) in [4.78, 5) is 40.4. The van der Waals surface area contributed by atoms with Gasteiger partial charge in [0, 0.05) is 24.8 Å². The number of methoxy groups -OCH3 is 1. The lowest BCUT2D eigenvalue weighted by Gasteiger charge is -2.13. The van der Waals surface area contributed by atoms with Gasteiger partial charge in [0.1, 0.15) is 6.04 Å². The standard InChI is InChI=1S/C12H19N5O4/c1-7-6-9(18)17-11(15-7)14-5-4-13-10(19)8(2)16-12(20)21-3/h6,8H,4-5H2,1-3H3,(H,13,19)(H,16,20)(H2,14,15,17,18). The zero-order valence-electron chi connectivity index (χ0n) is 12.1. The lowest BCUT2D eigenvalue weighted by Crippen LogP contribution is -2.45. The number of ether oxygens (including phenoxy) is 1. The van der Waals surface area contributed by atoms with Crippen molar-refractivity contribution in [3.8, 4) is 0 Å². The van der Waals surface area contributed by atoms with E-state index in [0.29, 0.717) is 24.7 Å². The molecule has 1 unspecified atom stereocenters. The third-order valence-corrected chi connectivity index (χ3v) is 2.50. The van der Waals surface area contributed by atoms with Gasteiger partial charge in [-0.05, 0) is 13.8 Å². The average molecular weight is 297 g/mol. The number of aromatic amines is 1. The number of aryl methyl sites for hydroxylation is 1. The predicted molar refractivity (Wildman–Crippen MR) is 76.1 cm³/mol. The van der Waals surface area contributed by atoms with Gasteiger partial charge in [0.25, 0.3) is 5.56 Å². The van der Waals surface area contributed by atoms with Gasteiger partial charge in [0.2, 0.25) is 11.9 Å². The van der Waals surface area contributed by atoms with Crippen molar-refractivity contribution in [1.29, 1.82) is 0 Å². The molecule has 1 aromatic rings. The van der Waals surface area contributed by atoms with Crippen LogP contribution in [0.15, 0.2) is 10.9 Å². The Balaban J connectivity index is 2.31. The Labute approximate surface area is 121 Å². The van der Waals surface area contributed by atoms with Crippen LogP contribution in [0, 0.1) is 6.92 Å². The van der Waals surface area contributed by atoms with E-state index in [-0.39, 0.29) is 11.5 Å². The number of nitrogens with one attached hydrogen (secondary N) is 4. The maximum Gasteiger partial charge on any atom is 0.407 e. The molecule has 1 aromatic heterocycles. The highest BCUT2D eigenvalue weighted by Crippen LogP contribution is 1.94. The predicted octanol–water partition coefficient (Wildman–Crippen LogP) is -0.649. The maximum atomic E-state index is 11.6. The summed E-state index contributed by atoms with van der Waals surface area (Å²) in [6, 6.07) is 0.682. The molecule has 0 aromatic carbocycles. The quantitative estimate of drug-likeness (QED) is 0.517. The number of hydrogen-bond acceptors (Lipinski definition) is 6. The number of anilines is 1. The van der Waals surface area contributed by atoms with Crippen LogP contribution < -0.4 is 21.5 Å². The van der Waals surface area contributed by atoms with Crippen LogP contribution in [0.1, 0.15) is 12.6 Å². The Bertz CT molecular complexity index is 557. The monoisotopic (exact) mass is 297 g/mol. The fraction of sp³-hybridized carbons (Fsp3) is 0.500. The van der Waals surface area contributed by atoms with Crippen LogP contribution >= 0.6 is 0 Å². The molecule has 21 heavy (non-hydrogen) atoms. The van der Waals surface area contributed by atoms with E-state index in [4.69, 9.17) is 0 Å².